The SMILES string of the molecule is CC1(C)CCSCC1N(CC(=O)O)CC(F)(F)F. The van der Waals surface area contributed by atoms with E-state index in [1.54, 1.807) is 11.8 Å². The van der Waals surface area contributed by atoms with E-state index >= 15 is 0 Å². The highest BCUT2D eigenvalue weighted by Gasteiger charge is 2.42. The third-order valence-electron chi connectivity index (χ3n) is 3.23. The number of carboxylic acid groups (broad SMARTS) is 1. The zero-order chi connectivity index (χ0) is 14.0. The van der Waals surface area contributed by atoms with Gasteiger partial charge < -0.3 is 5.11 Å². The molecule has 1 N–H and O–H groups in total. The summed E-state index contributed by atoms with van der Waals surface area (Å²) in [6.07, 6.45) is -3.57. The lowest BCUT2D eigenvalue weighted by molar-refractivity contribution is -0.161. The van der Waals surface area contributed by atoms with E-state index in [2.05, 4.69) is 0 Å². The average Bonchev–Trinajstić information content (AvgIpc) is 2.12. The van der Waals surface area contributed by atoms with Gasteiger partial charge in [-0.2, -0.15) is 24.9 Å². The van der Waals surface area contributed by atoms with Crippen molar-refractivity contribution in [1.82, 2.24) is 4.90 Å². The minimum Gasteiger partial charge on any atom is -0.480 e. The van der Waals surface area contributed by atoms with Crippen LogP contribution in [0.5, 0.6) is 0 Å². The molecule has 0 aromatic carbocycles. The molecule has 106 valence electrons. The van der Waals surface area contributed by atoms with E-state index in [0.717, 1.165) is 17.1 Å². The molecule has 7 heteroatoms. The molecule has 0 spiro atoms. The Labute approximate surface area is 109 Å². The highest BCUT2D eigenvalue weighted by Crippen LogP contribution is 2.38. The first-order valence-corrected chi connectivity index (χ1v) is 6.87. The second kappa shape index (κ2) is 5.69. The van der Waals surface area contributed by atoms with Crippen LogP contribution < -0.4 is 0 Å². The van der Waals surface area contributed by atoms with Gasteiger partial charge >= 0.3 is 12.1 Å². The van der Waals surface area contributed by atoms with E-state index < -0.39 is 25.2 Å². The number of hydrogen-bond acceptors (Lipinski definition) is 3. The molecule has 0 bridgehead atoms. The van der Waals surface area contributed by atoms with Gasteiger partial charge in [0.1, 0.15) is 0 Å². The normalized spacial score (nSPS) is 24.2. The molecule has 0 saturated carbocycles. The van der Waals surface area contributed by atoms with Gasteiger partial charge in [-0.25, -0.2) is 0 Å². The summed E-state index contributed by atoms with van der Waals surface area (Å²) in [6.45, 7) is 2.09. The molecule has 0 aromatic heterocycles. The van der Waals surface area contributed by atoms with Crippen LogP contribution in [-0.4, -0.2) is 52.8 Å². The monoisotopic (exact) mass is 285 g/mol. The summed E-state index contributed by atoms with van der Waals surface area (Å²) in [7, 11) is 0. The van der Waals surface area contributed by atoms with Crippen molar-refractivity contribution in [2.75, 3.05) is 24.6 Å². The first-order valence-electron chi connectivity index (χ1n) is 5.72. The summed E-state index contributed by atoms with van der Waals surface area (Å²) in [5.74, 6) is 0.248. The van der Waals surface area contributed by atoms with Crippen molar-refractivity contribution in [2.24, 2.45) is 5.41 Å². The molecule has 1 aliphatic heterocycles. The molecule has 1 fully saturated rings. The van der Waals surface area contributed by atoms with Gasteiger partial charge in [-0.3, -0.25) is 9.69 Å². The van der Waals surface area contributed by atoms with Crippen LogP contribution in [0, 0.1) is 5.41 Å². The summed E-state index contributed by atoms with van der Waals surface area (Å²) < 4.78 is 37.6. The Bertz CT molecular complexity index is 307. The fourth-order valence-electron chi connectivity index (χ4n) is 2.20. The lowest BCUT2D eigenvalue weighted by Crippen LogP contribution is -2.53. The molecule has 1 saturated heterocycles. The van der Waals surface area contributed by atoms with Crippen molar-refractivity contribution in [2.45, 2.75) is 32.5 Å². The number of rotatable bonds is 4. The van der Waals surface area contributed by atoms with Gasteiger partial charge in [0.15, 0.2) is 0 Å². The van der Waals surface area contributed by atoms with E-state index in [1.165, 1.54) is 0 Å². The van der Waals surface area contributed by atoms with Crippen LogP contribution in [0.2, 0.25) is 0 Å². The first kappa shape index (κ1) is 15.6. The molecule has 1 heterocycles. The number of hydrogen-bond donors (Lipinski definition) is 1. The van der Waals surface area contributed by atoms with E-state index in [1.807, 2.05) is 13.8 Å². The molecule has 0 aromatic rings. The third kappa shape index (κ3) is 4.68. The number of alkyl halides is 3. The van der Waals surface area contributed by atoms with Crippen LogP contribution in [0.4, 0.5) is 13.2 Å². The average molecular weight is 285 g/mol. The van der Waals surface area contributed by atoms with E-state index in [4.69, 9.17) is 5.11 Å². The number of carbonyl (C=O) groups is 1. The molecule has 3 nitrogen and oxygen atoms in total. The van der Waals surface area contributed by atoms with Crippen LogP contribution in [-0.2, 0) is 4.79 Å². The van der Waals surface area contributed by atoms with Crippen molar-refractivity contribution in [1.29, 1.82) is 0 Å². The van der Waals surface area contributed by atoms with Crippen LogP contribution in [0.3, 0.4) is 0 Å². The molecule has 1 rings (SSSR count). The Hall–Kier alpha value is -0.430. The number of nitrogens with zero attached hydrogens (tertiary/aromatic N) is 1. The Morgan fingerprint density at radius 1 is 1.50 bits per heavy atom. The largest absolute Gasteiger partial charge is 0.480 e. The maximum atomic E-state index is 12.5. The fourth-order valence-corrected chi connectivity index (χ4v) is 3.92. The molecule has 1 unspecified atom stereocenters. The topological polar surface area (TPSA) is 40.5 Å². The minimum atomic E-state index is -4.37. The highest BCUT2D eigenvalue weighted by molar-refractivity contribution is 7.99. The summed E-state index contributed by atoms with van der Waals surface area (Å²) in [4.78, 5) is 11.8. The summed E-state index contributed by atoms with van der Waals surface area (Å²) >= 11 is 1.58. The van der Waals surface area contributed by atoms with Crippen molar-refractivity contribution >= 4 is 17.7 Å². The molecule has 0 amide bonds. The Morgan fingerprint density at radius 3 is 2.56 bits per heavy atom. The van der Waals surface area contributed by atoms with Crippen LogP contribution in [0.15, 0.2) is 0 Å². The van der Waals surface area contributed by atoms with Crippen LogP contribution in [0.25, 0.3) is 0 Å². The van der Waals surface area contributed by atoms with Crippen molar-refractivity contribution < 1.29 is 23.1 Å². The zero-order valence-electron chi connectivity index (χ0n) is 10.5. The minimum absolute atomic E-state index is 0.286. The highest BCUT2D eigenvalue weighted by atomic mass is 32.2. The summed E-state index contributed by atoms with van der Waals surface area (Å²) in [5, 5.41) is 8.77. The van der Waals surface area contributed by atoms with Gasteiger partial charge in [-0.05, 0) is 17.6 Å². The lowest BCUT2D eigenvalue weighted by Gasteiger charge is -2.44. The van der Waals surface area contributed by atoms with Crippen LogP contribution in [0.1, 0.15) is 20.3 Å². The molecule has 1 aliphatic rings. The fraction of sp³-hybridized carbons (Fsp3) is 0.909. The van der Waals surface area contributed by atoms with Crippen molar-refractivity contribution in [3.05, 3.63) is 0 Å². The molecular weight excluding hydrogens is 267 g/mol. The van der Waals surface area contributed by atoms with Gasteiger partial charge in [0, 0.05) is 11.8 Å². The van der Waals surface area contributed by atoms with E-state index in [9.17, 15) is 18.0 Å². The van der Waals surface area contributed by atoms with E-state index in [0.29, 0.717) is 5.75 Å². The van der Waals surface area contributed by atoms with Gasteiger partial charge in [0.2, 0.25) is 0 Å². The van der Waals surface area contributed by atoms with Gasteiger partial charge in [-0.1, -0.05) is 13.8 Å². The van der Waals surface area contributed by atoms with Crippen molar-refractivity contribution in [3.8, 4) is 0 Å². The van der Waals surface area contributed by atoms with Crippen LogP contribution >= 0.6 is 11.8 Å². The van der Waals surface area contributed by atoms with Gasteiger partial charge in [0.25, 0.3) is 0 Å². The maximum absolute atomic E-state index is 12.5. The molecule has 0 aliphatic carbocycles. The molecule has 1 atom stereocenters. The predicted molar refractivity (Wildman–Crippen MR) is 64.8 cm³/mol. The smallest absolute Gasteiger partial charge is 0.401 e. The summed E-state index contributed by atoms with van der Waals surface area (Å²) in [5.41, 5.74) is -0.286. The Kier molecular flexibility index (Phi) is 4.94. The standard InChI is InChI=1S/C11H18F3NO2S/c1-10(2)3-4-18-6-8(10)15(5-9(16)17)7-11(12,13)14/h8H,3-7H2,1-2H3,(H,16,17). The van der Waals surface area contributed by atoms with Crippen molar-refractivity contribution in [3.63, 3.8) is 0 Å². The maximum Gasteiger partial charge on any atom is 0.401 e. The molecule has 0 radical (unpaired) electrons. The van der Waals surface area contributed by atoms with Gasteiger partial charge in [0.05, 0.1) is 13.1 Å². The number of carboxylic acids is 1. The third-order valence-corrected chi connectivity index (χ3v) is 4.27. The predicted octanol–water partition coefficient (Wildman–Crippen LogP) is 2.47. The first-order chi connectivity index (χ1) is 8.12. The second-order valence-electron chi connectivity index (χ2n) is 5.24. The number of halogens is 3. The second-order valence-corrected chi connectivity index (χ2v) is 6.39. The molecular formula is C11H18F3NO2S. The molecule has 18 heavy (non-hydrogen) atoms. The quantitative estimate of drug-likeness (QED) is 0.861. The van der Waals surface area contributed by atoms with Gasteiger partial charge in [-0.15, -0.1) is 0 Å². The lowest BCUT2D eigenvalue weighted by atomic mass is 9.81. The van der Waals surface area contributed by atoms with E-state index in [-0.39, 0.29) is 11.5 Å². The zero-order valence-corrected chi connectivity index (χ0v) is 11.3. The summed E-state index contributed by atoms with van der Waals surface area (Å²) in [6, 6.07) is -0.353. The number of thioether (sulfide) groups is 1. The number of aliphatic carboxylic acids is 1. The Morgan fingerprint density at radius 2 is 2.11 bits per heavy atom. The Balaban J connectivity index is 2.83.